The Kier molecular flexibility index (Phi) is 3.99. The Bertz CT molecular complexity index is 423. The van der Waals surface area contributed by atoms with Crippen molar-refractivity contribution in [1.29, 1.82) is 0 Å². The van der Waals surface area contributed by atoms with E-state index in [9.17, 15) is 4.79 Å². The molecule has 0 aromatic carbocycles. The van der Waals surface area contributed by atoms with E-state index in [1.54, 1.807) is 11.8 Å². The molecule has 92 valence electrons. The molecule has 0 bridgehead atoms. The fourth-order valence-corrected chi connectivity index (χ4v) is 2.55. The van der Waals surface area contributed by atoms with Crippen molar-refractivity contribution in [2.45, 2.75) is 31.9 Å². The van der Waals surface area contributed by atoms with E-state index < -0.39 is 5.97 Å². The summed E-state index contributed by atoms with van der Waals surface area (Å²) in [6, 6.07) is 0. The molecule has 0 fully saturated rings. The standard InChI is InChI=1S/C12H16N2O2S/c1-2-17-7-11-13-6-9-5-8(12(15)16)3-4-10(9)14-11/h6,8H,2-5,7H2,1H3,(H,15,16). The smallest absolute Gasteiger partial charge is 0.306 e. The Morgan fingerprint density at radius 2 is 2.47 bits per heavy atom. The summed E-state index contributed by atoms with van der Waals surface area (Å²) in [5, 5.41) is 8.99. The molecule has 0 spiro atoms. The van der Waals surface area contributed by atoms with Gasteiger partial charge in [0.1, 0.15) is 5.82 Å². The molecule has 1 N–H and O–H groups in total. The van der Waals surface area contributed by atoms with E-state index in [1.807, 2.05) is 6.20 Å². The number of aliphatic carboxylic acids is 1. The maximum absolute atomic E-state index is 10.9. The van der Waals surface area contributed by atoms with E-state index >= 15 is 0 Å². The van der Waals surface area contributed by atoms with Crippen molar-refractivity contribution in [1.82, 2.24) is 9.97 Å². The first-order chi connectivity index (χ1) is 8.20. The molecule has 1 atom stereocenters. The van der Waals surface area contributed by atoms with Crippen LogP contribution in [0.5, 0.6) is 0 Å². The Hall–Kier alpha value is -1.10. The van der Waals surface area contributed by atoms with Crippen molar-refractivity contribution in [3.63, 3.8) is 0 Å². The lowest BCUT2D eigenvalue weighted by atomic mass is 9.87. The summed E-state index contributed by atoms with van der Waals surface area (Å²) in [4.78, 5) is 19.7. The van der Waals surface area contributed by atoms with Crippen molar-refractivity contribution < 1.29 is 9.90 Å². The summed E-state index contributed by atoms with van der Waals surface area (Å²) in [5.74, 6) is 1.79. The highest BCUT2D eigenvalue weighted by atomic mass is 32.2. The van der Waals surface area contributed by atoms with Crippen LogP contribution in [0.1, 0.15) is 30.4 Å². The lowest BCUT2D eigenvalue weighted by Crippen LogP contribution is -2.23. The molecule has 5 heteroatoms. The van der Waals surface area contributed by atoms with Crippen molar-refractivity contribution in [3.8, 4) is 0 Å². The zero-order chi connectivity index (χ0) is 12.3. The van der Waals surface area contributed by atoms with Crippen LogP contribution in [0.25, 0.3) is 0 Å². The SMILES string of the molecule is CCSCc1ncc2c(n1)CCC(C(=O)O)C2. The van der Waals surface area contributed by atoms with Crippen LogP contribution in [0.4, 0.5) is 0 Å². The maximum atomic E-state index is 10.9. The van der Waals surface area contributed by atoms with E-state index in [-0.39, 0.29) is 5.92 Å². The third-order valence-corrected chi connectivity index (χ3v) is 3.86. The summed E-state index contributed by atoms with van der Waals surface area (Å²) in [6.07, 6.45) is 3.84. The Labute approximate surface area is 105 Å². The van der Waals surface area contributed by atoms with Gasteiger partial charge in [0.05, 0.1) is 11.7 Å². The van der Waals surface area contributed by atoms with Gasteiger partial charge in [0, 0.05) is 11.9 Å². The fourth-order valence-electron chi connectivity index (χ4n) is 2.02. The summed E-state index contributed by atoms with van der Waals surface area (Å²) >= 11 is 1.80. The minimum Gasteiger partial charge on any atom is -0.481 e. The first-order valence-electron chi connectivity index (χ1n) is 5.85. The van der Waals surface area contributed by atoms with Crippen LogP contribution >= 0.6 is 11.8 Å². The molecule has 0 amide bonds. The van der Waals surface area contributed by atoms with Gasteiger partial charge in [0.15, 0.2) is 0 Å². The molecule has 1 heterocycles. The van der Waals surface area contributed by atoms with Crippen molar-refractivity contribution in [2.24, 2.45) is 5.92 Å². The van der Waals surface area contributed by atoms with Crippen LogP contribution in [-0.4, -0.2) is 26.8 Å². The predicted octanol–water partition coefficient (Wildman–Crippen LogP) is 1.92. The van der Waals surface area contributed by atoms with Gasteiger partial charge < -0.3 is 5.11 Å². The minimum atomic E-state index is -0.707. The number of hydrogen-bond acceptors (Lipinski definition) is 4. The van der Waals surface area contributed by atoms with E-state index in [4.69, 9.17) is 5.11 Å². The van der Waals surface area contributed by atoms with E-state index in [0.29, 0.717) is 12.8 Å². The topological polar surface area (TPSA) is 63.1 Å². The molecule has 0 radical (unpaired) electrons. The van der Waals surface area contributed by atoms with Crippen LogP contribution in [0.3, 0.4) is 0 Å². The maximum Gasteiger partial charge on any atom is 0.306 e. The third-order valence-electron chi connectivity index (χ3n) is 2.98. The molecule has 0 saturated heterocycles. The van der Waals surface area contributed by atoms with Gasteiger partial charge in [-0.05, 0) is 30.6 Å². The second kappa shape index (κ2) is 5.49. The van der Waals surface area contributed by atoms with Crippen LogP contribution in [0.2, 0.25) is 0 Å². The van der Waals surface area contributed by atoms with Gasteiger partial charge in [-0.15, -0.1) is 0 Å². The highest BCUT2D eigenvalue weighted by Gasteiger charge is 2.25. The molecule has 1 aliphatic rings. The number of aromatic nitrogens is 2. The second-order valence-electron chi connectivity index (χ2n) is 4.17. The fraction of sp³-hybridized carbons (Fsp3) is 0.583. The van der Waals surface area contributed by atoms with Gasteiger partial charge in [-0.1, -0.05) is 6.92 Å². The molecule has 0 aliphatic heterocycles. The van der Waals surface area contributed by atoms with Crippen molar-refractivity contribution in [3.05, 3.63) is 23.3 Å². The zero-order valence-electron chi connectivity index (χ0n) is 9.85. The van der Waals surface area contributed by atoms with Gasteiger partial charge in [-0.3, -0.25) is 4.79 Å². The summed E-state index contributed by atoms with van der Waals surface area (Å²) in [5.41, 5.74) is 2.05. The normalized spacial score (nSPS) is 18.8. The second-order valence-corrected chi connectivity index (χ2v) is 5.45. The number of fused-ring (bicyclic) bond motifs is 1. The largest absolute Gasteiger partial charge is 0.481 e. The highest BCUT2D eigenvalue weighted by molar-refractivity contribution is 7.98. The summed E-state index contributed by atoms with van der Waals surface area (Å²) in [6.45, 7) is 2.11. The number of carboxylic acids is 1. The number of nitrogens with zero attached hydrogens (tertiary/aromatic N) is 2. The monoisotopic (exact) mass is 252 g/mol. The van der Waals surface area contributed by atoms with Gasteiger partial charge in [0.25, 0.3) is 0 Å². The molecule has 1 unspecified atom stereocenters. The quantitative estimate of drug-likeness (QED) is 0.887. The third kappa shape index (κ3) is 2.97. The molecule has 17 heavy (non-hydrogen) atoms. The number of aryl methyl sites for hydroxylation is 1. The lowest BCUT2D eigenvalue weighted by molar-refractivity contribution is -0.142. The number of hydrogen-bond donors (Lipinski definition) is 1. The van der Waals surface area contributed by atoms with E-state index in [1.165, 1.54) is 0 Å². The van der Waals surface area contributed by atoms with Crippen LogP contribution in [-0.2, 0) is 23.4 Å². The van der Waals surface area contributed by atoms with E-state index in [2.05, 4.69) is 16.9 Å². The number of carbonyl (C=O) groups is 1. The first-order valence-corrected chi connectivity index (χ1v) is 7.00. The first kappa shape index (κ1) is 12.4. The van der Waals surface area contributed by atoms with Gasteiger partial charge >= 0.3 is 5.97 Å². The lowest BCUT2D eigenvalue weighted by Gasteiger charge is -2.20. The van der Waals surface area contributed by atoms with Crippen LogP contribution in [0.15, 0.2) is 6.20 Å². The number of thioether (sulfide) groups is 1. The van der Waals surface area contributed by atoms with Gasteiger partial charge in [0.2, 0.25) is 0 Å². The molecule has 1 aromatic rings. The Balaban J connectivity index is 2.11. The molecular weight excluding hydrogens is 236 g/mol. The van der Waals surface area contributed by atoms with Crippen LogP contribution in [0, 0.1) is 5.92 Å². The van der Waals surface area contributed by atoms with Gasteiger partial charge in [-0.2, -0.15) is 11.8 Å². The molecule has 2 rings (SSSR count). The highest BCUT2D eigenvalue weighted by Crippen LogP contribution is 2.24. The summed E-state index contributed by atoms with van der Waals surface area (Å²) in [7, 11) is 0. The molecule has 1 aliphatic carbocycles. The number of carboxylic acid groups (broad SMARTS) is 1. The predicted molar refractivity (Wildman–Crippen MR) is 67.0 cm³/mol. The molecular formula is C12H16N2O2S. The molecule has 0 saturated carbocycles. The van der Waals surface area contributed by atoms with Crippen LogP contribution < -0.4 is 0 Å². The van der Waals surface area contributed by atoms with Crippen molar-refractivity contribution >= 4 is 17.7 Å². The Morgan fingerprint density at radius 3 is 3.18 bits per heavy atom. The van der Waals surface area contributed by atoms with E-state index in [0.717, 1.165) is 35.0 Å². The average molecular weight is 252 g/mol. The average Bonchev–Trinajstić information content (AvgIpc) is 2.35. The number of rotatable bonds is 4. The summed E-state index contributed by atoms with van der Waals surface area (Å²) < 4.78 is 0. The minimum absolute atomic E-state index is 0.262. The van der Waals surface area contributed by atoms with Crippen molar-refractivity contribution in [2.75, 3.05) is 5.75 Å². The zero-order valence-corrected chi connectivity index (χ0v) is 10.7. The Morgan fingerprint density at radius 1 is 1.65 bits per heavy atom. The molecule has 4 nitrogen and oxygen atoms in total. The van der Waals surface area contributed by atoms with Gasteiger partial charge in [-0.25, -0.2) is 9.97 Å². The molecule has 1 aromatic heterocycles.